The van der Waals surface area contributed by atoms with Gasteiger partial charge in [-0.2, -0.15) is 5.12 Å². The summed E-state index contributed by atoms with van der Waals surface area (Å²) in [6.07, 6.45) is 5.57. The molecule has 0 unspecified atom stereocenters. The third-order valence-electron chi connectivity index (χ3n) is 1.53. The van der Waals surface area contributed by atoms with Gasteiger partial charge < -0.3 is 4.90 Å². The van der Waals surface area contributed by atoms with Crippen LogP contribution in [-0.2, 0) is 0 Å². The van der Waals surface area contributed by atoms with Crippen LogP contribution in [0.3, 0.4) is 0 Å². The van der Waals surface area contributed by atoms with E-state index >= 15 is 0 Å². The van der Waals surface area contributed by atoms with Crippen molar-refractivity contribution in [3.05, 3.63) is 23.0 Å². The maximum Gasteiger partial charge on any atom is 0.153 e. The van der Waals surface area contributed by atoms with Gasteiger partial charge in [0, 0.05) is 7.05 Å². The van der Waals surface area contributed by atoms with Gasteiger partial charge in [0.1, 0.15) is 6.34 Å². The van der Waals surface area contributed by atoms with Crippen LogP contribution in [0.5, 0.6) is 0 Å². The highest BCUT2D eigenvalue weighted by molar-refractivity contribution is 7.84. The third kappa shape index (κ3) is 0.970. The molecule has 0 bridgehead atoms. The first-order valence-corrected chi connectivity index (χ1v) is 3.67. The summed E-state index contributed by atoms with van der Waals surface area (Å²) in [5, 5.41) is 6.52. The molecular formula is C6H8N4S. The molecule has 5 heteroatoms. The number of hydrazine groups is 1. The van der Waals surface area contributed by atoms with Crippen LogP contribution in [0.2, 0.25) is 0 Å². The number of hydrazone groups is 1. The molecule has 0 amide bonds. The molecule has 0 atom stereocenters. The average Bonchev–Trinajstić information content (AvgIpc) is 2.32. The number of allylic oxidation sites excluding steroid dienone is 2. The monoisotopic (exact) mass is 168 g/mol. The lowest BCUT2D eigenvalue weighted by molar-refractivity contribution is 0.272. The van der Waals surface area contributed by atoms with Crippen molar-refractivity contribution < 1.29 is 0 Å². The van der Waals surface area contributed by atoms with Crippen molar-refractivity contribution in [2.45, 2.75) is 0 Å². The lowest BCUT2D eigenvalue weighted by Crippen LogP contribution is -2.33. The van der Waals surface area contributed by atoms with Gasteiger partial charge in [-0.3, -0.25) is 5.43 Å². The molecule has 2 aliphatic heterocycles. The van der Waals surface area contributed by atoms with Crippen LogP contribution in [0.25, 0.3) is 0 Å². The smallest absolute Gasteiger partial charge is 0.153 e. The number of rotatable bonds is 0. The van der Waals surface area contributed by atoms with Gasteiger partial charge in [0.25, 0.3) is 0 Å². The van der Waals surface area contributed by atoms with Crippen LogP contribution in [0, 0.1) is 0 Å². The first-order chi connectivity index (χ1) is 5.27. The molecule has 11 heavy (non-hydrogen) atoms. The average molecular weight is 168 g/mol. The minimum Gasteiger partial charge on any atom is -0.317 e. The Labute approximate surface area is 70.2 Å². The van der Waals surface area contributed by atoms with Crippen molar-refractivity contribution >= 4 is 19.0 Å². The summed E-state index contributed by atoms with van der Waals surface area (Å²) in [6.45, 7) is 0. The number of hydrogen-bond acceptors (Lipinski definition) is 5. The van der Waals surface area contributed by atoms with E-state index in [4.69, 9.17) is 0 Å². The van der Waals surface area contributed by atoms with E-state index in [9.17, 15) is 0 Å². The summed E-state index contributed by atoms with van der Waals surface area (Å²) < 4.78 is 0. The molecule has 0 fully saturated rings. The molecule has 0 saturated carbocycles. The molecule has 2 rings (SSSR count). The normalized spacial score (nSPS) is 20.9. The Kier molecular flexibility index (Phi) is 1.32. The van der Waals surface area contributed by atoms with Crippen LogP contribution in [0.4, 0.5) is 0 Å². The lowest BCUT2D eigenvalue weighted by Gasteiger charge is -2.23. The lowest BCUT2D eigenvalue weighted by atomic mass is 10.4. The summed E-state index contributed by atoms with van der Waals surface area (Å²) in [4.78, 5) is 1.92. The minimum atomic E-state index is 0.793. The Balaban J connectivity index is 2.31. The molecule has 4 nitrogen and oxygen atoms in total. The van der Waals surface area contributed by atoms with Crippen molar-refractivity contribution in [3.8, 4) is 0 Å². The molecule has 2 aliphatic rings. The van der Waals surface area contributed by atoms with Gasteiger partial charge in [-0.25, -0.2) is 0 Å². The molecule has 0 spiro atoms. The van der Waals surface area contributed by atoms with Gasteiger partial charge in [-0.05, 0) is 12.2 Å². The van der Waals surface area contributed by atoms with Crippen molar-refractivity contribution in [3.63, 3.8) is 0 Å². The Hall–Kier alpha value is -1.10. The maximum atomic E-state index is 4.14. The van der Waals surface area contributed by atoms with Crippen LogP contribution in [0.15, 0.2) is 28.1 Å². The highest BCUT2D eigenvalue weighted by Gasteiger charge is 2.19. The van der Waals surface area contributed by atoms with E-state index < -0.39 is 0 Å². The second-order valence-corrected chi connectivity index (χ2v) is 2.82. The van der Waals surface area contributed by atoms with Gasteiger partial charge >= 0.3 is 0 Å². The summed E-state index contributed by atoms with van der Waals surface area (Å²) in [5.74, 6) is 1.00. The summed E-state index contributed by atoms with van der Waals surface area (Å²) >= 11 is 4.14. The minimum absolute atomic E-state index is 0.793. The largest absolute Gasteiger partial charge is 0.317 e. The summed E-state index contributed by atoms with van der Waals surface area (Å²) in [5.41, 5.74) is 2.96. The summed E-state index contributed by atoms with van der Waals surface area (Å²) in [6, 6.07) is 0. The number of hydrogen-bond donors (Lipinski definition) is 2. The van der Waals surface area contributed by atoms with E-state index in [0.29, 0.717) is 0 Å². The van der Waals surface area contributed by atoms with Crippen molar-refractivity contribution in [1.82, 2.24) is 15.4 Å². The molecular weight excluding hydrogens is 160 g/mol. The SMILES string of the molecule is CN1C=NN2NC(S)=CC=C12. The molecule has 1 N–H and O–H groups in total. The highest BCUT2D eigenvalue weighted by atomic mass is 32.1. The molecule has 0 aromatic heterocycles. The van der Waals surface area contributed by atoms with E-state index in [-0.39, 0.29) is 0 Å². The topological polar surface area (TPSA) is 30.9 Å². The third-order valence-corrected chi connectivity index (χ3v) is 1.78. The fraction of sp³-hybridized carbons (Fsp3) is 0.167. The van der Waals surface area contributed by atoms with E-state index in [1.54, 1.807) is 11.5 Å². The van der Waals surface area contributed by atoms with Crippen LogP contribution in [0.1, 0.15) is 0 Å². The van der Waals surface area contributed by atoms with Crippen molar-refractivity contribution in [2.75, 3.05) is 7.05 Å². The zero-order valence-electron chi connectivity index (χ0n) is 6.02. The molecule has 0 aromatic rings. The predicted molar refractivity (Wildman–Crippen MR) is 46.4 cm³/mol. The first kappa shape index (κ1) is 6.60. The maximum absolute atomic E-state index is 4.14. The fourth-order valence-corrected chi connectivity index (χ4v) is 1.14. The van der Waals surface area contributed by atoms with E-state index in [0.717, 1.165) is 10.9 Å². The second kappa shape index (κ2) is 2.20. The Morgan fingerprint density at radius 3 is 3.18 bits per heavy atom. The first-order valence-electron chi connectivity index (χ1n) is 3.22. The van der Waals surface area contributed by atoms with Crippen LogP contribution in [-0.4, -0.2) is 23.4 Å². The Bertz CT molecular complexity index is 268. The number of nitrogens with zero attached hydrogens (tertiary/aromatic N) is 3. The quantitative estimate of drug-likeness (QED) is 0.510. The van der Waals surface area contributed by atoms with Gasteiger partial charge in [0.05, 0.1) is 5.03 Å². The molecule has 2 heterocycles. The molecule has 58 valence electrons. The van der Waals surface area contributed by atoms with E-state index in [1.165, 1.54) is 0 Å². The zero-order valence-corrected chi connectivity index (χ0v) is 6.92. The van der Waals surface area contributed by atoms with Crippen molar-refractivity contribution in [1.29, 1.82) is 0 Å². The van der Waals surface area contributed by atoms with Gasteiger partial charge in [-0.15, -0.1) is 17.7 Å². The molecule has 0 radical (unpaired) electrons. The number of fused-ring (bicyclic) bond motifs is 1. The molecule has 0 aromatic carbocycles. The Morgan fingerprint density at radius 2 is 2.36 bits per heavy atom. The zero-order chi connectivity index (χ0) is 7.84. The highest BCUT2D eigenvalue weighted by Crippen LogP contribution is 2.17. The van der Waals surface area contributed by atoms with Crippen molar-refractivity contribution in [2.24, 2.45) is 5.10 Å². The van der Waals surface area contributed by atoms with Crippen LogP contribution < -0.4 is 5.43 Å². The number of thiol groups is 1. The summed E-state index contributed by atoms with van der Waals surface area (Å²) in [7, 11) is 1.94. The molecule has 0 saturated heterocycles. The number of nitrogens with one attached hydrogen (secondary N) is 1. The Morgan fingerprint density at radius 1 is 1.55 bits per heavy atom. The molecule has 0 aliphatic carbocycles. The van der Waals surface area contributed by atoms with Crippen LogP contribution >= 0.6 is 12.6 Å². The van der Waals surface area contributed by atoms with E-state index in [1.807, 2.05) is 24.1 Å². The van der Waals surface area contributed by atoms with E-state index in [2.05, 4.69) is 23.2 Å². The van der Waals surface area contributed by atoms with Gasteiger partial charge in [0.15, 0.2) is 5.82 Å². The predicted octanol–water partition coefficient (Wildman–Crippen LogP) is 0.308. The second-order valence-electron chi connectivity index (χ2n) is 2.34. The standard InChI is InChI=1S/C6H8N4S/c1-9-4-7-10-6(9)3-2-5(11)8-10/h2-4,8,11H,1H3. The fourth-order valence-electron chi connectivity index (χ4n) is 0.970. The van der Waals surface area contributed by atoms with Gasteiger partial charge in [0.2, 0.25) is 0 Å². The van der Waals surface area contributed by atoms with Gasteiger partial charge in [-0.1, -0.05) is 0 Å².